The average Bonchev–Trinajstić information content (AvgIpc) is 2.41. The number of carboxylic acids is 1. The molecule has 0 aliphatic heterocycles. The Balaban J connectivity index is 2.06. The molecule has 1 N–H and O–H groups in total. The van der Waals surface area contributed by atoms with Gasteiger partial charge in [-0.25, -0.2) is 4.79 Å². The quantitative estimate of drug-likeness (QED) is 0.548. The van der Waals surface area contributed by atoms with Gasteiger partial charge in [-0.3, -0.25) is 0 Å². The summed E-state index contributed by atoms with van der Waals surface area (Å²) in [6.45, 7) is 3.71. The number of rotatable bonds is 3. The van der Waals surface area contributed by atoms with Gasteiger partial charge in [0.15, 0.2) is 0 Å². The summed E-state index contributed by atoms with van der Waals surface area (Å²) in [4.78, 5) is 10.5. The number of carbonyl (C=O) groups is 1. The molecule has 0 unspecified atom stereocenters. The van der Waals surface area contributed by atoms with Crippen molar-refractivity contribution in [3.63, 3.8) is 0 Å². The van der Waals surface area contributed by atoms with Crippen LogP contribution in [0.1, 0.15) is 19.3 Å². The highest BCUT2D eigenvalue weighted by Crippen LogP contribution is 2.50. The molecule has 0 amide bonds. The van der Waals surface area contributed by atoms with Crippen LogP contribution < -0.4 is 0 Å². The van der Waals surface area contributed by atoms with Gasteiger partial charge in [0.1, 0.15) is 0 Å². The summed E-state index contributed by atoms with van der Waals surface area (Å²) in [5, 5.41) is 8.62. The van der Waals surface area contributed by atoms with Gasteiger partial charge in [0, 0.05) is 12.0 Å². The normalized spacial score (nSPS) is 32.0. The smallest absolute Gasteiger partial charge is 0.328 e. The predicted octanol–water partition coefficient (Wildman–Crippen LogP) is 2.54. The fraction of sp³-hybridized carbons (Fsp3) is 0.417. The first-order valence-electron chi connectivity index (χ1n) is 4.94. The van der Waals surface area contributed by atoms with Crippen LogP contribution in [0, 0.1) is 11.8 Å². The maximum absolute atomic E-state index is 10.5. The molecule has 0 radical (unpaired) electrons. The lowest BCUT2D eigenvalue weighted by Gasteiger charge is -2.33. The monoisotopic (exact) mass is 190 g/mol. The summed E-state index contributed by atoms with van der Waals surface area (Å²) in [6, 6.07) is 0. The van der Waals surface area contributed by atoms with Crippen molar-refractivity contribution in [2.24, 2.45) is 11.8 Å². The molecule has 2 aliphatic carbocycles. The Morgan fingerprint density at radius 3 is 3.07 bits per heavy atom. The van der Waals surface area contributed by atoms with Crippen LogP contribution in [0.4, 0.5) is 0 Å². The fourth-order valence-electron chi connectivity index (χ4n) is 2.46. The van der Waals surface area contributed by atoms with Gasteiger partial charge in [0.2, 0.25) is 0 Å². The van der Waals surface area contributed by atoms with E-state index in [1.807, 2.05) is 6.08 Å². The lowest BCUT2D eigenvalue weighted by atomic mass is 9.71. The number of aliphatic carboxylic acids is 1. The zero-order chi connectivity index (χ0) is 10.1. The molecule has 0 heterocycles. The Hall–Kier alpha value is -1.31. The Labute approximate surface area is 83.6 Å². The molecule has 1 saturated carbocycles. The van der Waals surface area contributed by atoms with Crippen molar-refractivity contribution in [2.75, 3.05) is 0 Å². The second-order valence-corrected chi connectivity index (χ2v) is 4.07. The van der Waals surface area contributed by atoms with Gasteiger partial charge in [-0.05, 0) is 25.2 Å². The Morgan fingerprint density at radius 2 is 2.43 bits per heavy atom. The highest BCUT2D eigenvalue weighted by atomic mass is 16.4. The van der Waals surface area contributed by atoms with Crippen molar-refractivity contribution < 1.29 is 9.90 Å². The first-order chi connectivity index (χ1) is 6.70. The second kappa shape index (κ2) is 3.45. The van der Waals surface area contributed by atoms with Crippen LogP contribution in [0.2, 0.25) is 0 Å². The van der Waals surface area contributed by atoms with Gasteiger partial charge in [0.05, 0.1) is 0 Å². The first kappa shape index (κ1) is 9.25. The summed E-state index contributed by atoms with van der Waals surface area (Å²) in [5.41, 5.74) is 2.50. The molecular formula is C12H14O2. The van der Waals surface area contributed by atoms with Gasteiger partial charge >= 0.3 is 5.97 Å². The number of fused-ring (bicyclic) bond motifs is 1. The lowest BCUT2D eigenvalue weighted by Crippen LogP contribution is -2.24. The summed E-state index contributed by atoms with van der Waals surface area (Å²) < 4.78 is 0. The second-order valence-electron chi connectivity index (χ2n) is 4.07. The summed E-state index contributed by atoms with van der Waals surface area (Å²) in [6.07, 6.45) is 8.56. The zero-order valence-electron chi connectivity index (χ0n) is 8.07. The molecule has 2 heteroatoms. The summed E-state index contributed by atoms with van der Waals surface area (Å²) >= 11 is 0. The third-order valence-electron chi connectivity index (χ3n) is 3.09. The van der Waals surface area contributed by atoms with E-state index < -0.39 is 5.97 Å². The van der Waals surface area contributed by atoms with E-state index in [4.69, 9.17) is 5.11 Å². The van der Waals surface area contributed by atoms with Gasteiger partial charge in [0.25, 0.3) is 0 Å². The van der Waals surface area contributed by atoms with Crippen molar-refractivity contribution in [3.05, 3.63) is 36.0 Å². The Morgan fingerprint density at radius 1 is 1.64 bits per heavy atom. The average molecular weight is 190 g/mol. The van der Waals surface area contributed by atoms with Crippen molar-refractivity contribution in [1.82, 2.24) is 0 Å². The number of allylic oxidation sites excluding steroid dienone is 4. The molecule has 2 atom stereocenters. The van der Waals surface area contributed by atoms with Gasteiger partial charge in [-0.15, -0.1) is 6.58 Å². The lowest BCUT2D eigenvalue weighted by molar-refractivity contribution is -0.131. The van der Waals surface area contributed by atoms with Crippen molar-refractivity contribution in [2.45, 2.75) is 19.3 Å². The van der Waals surface area contributed by atoms with E-state index in [0.717, 1.165) is 24.8 Å². The van der Waals surface area contributed by atoms with Crippen LogP contribution in [0.3, 0.4) is 0 Å². The molecule has 0 aromatic carbocycles. The summed E-state index contributed by atoms with van der Waals surface area (Å²) in [7, 11) is 0. The molecule has 0 aromatic rings. The van der Waals surface area contributed by atoms with Crippen LogP contribution in [0.5, 0.6) is 0 Å². The highest BCUT2D eigenvalue weighted by molar-refractivity contribution is 5.81. The minimum absolute atomic E-state index is 0.418. The molecule has 0 bridgehead atoms. The minimum Gasteiger partial charge on any atom is -0.478 e. The van der Waals surface area contributed by atoms with Gasteiger partial charge in [-0.1, -0.05) is 23.3 Å². The van der Waals surface area contributed by atoms with Gasteiger partial charge < -0.3 is 5.11 Å². The molecule has 2 aliphatic rings. The third kappa shape index (κ3) is 1.52. The van der Waals surface area contributed by atoms with E-state index in [1.165, 1.54) is 11.6 Å². The molecular weight excluding hydrogens is 176 g/mol. The predicted molar refractivity (Wildman–Crippen MR) is 54.8 cm³/mol. The summed E-state index contributed by atoms with van der Waals surface area (Å²) in [5.74, 6) is 0.278. The number of hydrogen-bond donors (Lipinski definition) is 1. The fourth-order valence-corrected chi connectivity index (χ4v) is 2.46. The Bertz CT molecular complexity index is 336. The molecule has 0 spiro atoms. The topological polar surface area (TPSA) is 37.3 Å². The van der Waals surface area contributed by atoms with E-state index in [-0.39, 0.29) is 0 Å². The van der Waals surface area contributed by atoms with Crippen LogP contribution in [0.25, 0.3) is 0 Å². The molecule has 2 rings (SSSR count). The third-order valence-corrected chi connectivity index (χ3v) is 3.09. The van der Waals surface area contributed by atoms with Crippen molar-refractivity contribution in [1.29, 1.82) is 0 Å². The molecule has 0 saturated heterocycles. The standard InChI is InChI=1S/C12H14O2/c1-2-3-8-4-9-6-10(7-12(13)14)11(9)5-8/h2,5,7,9,11H,1,3-4,6H2,(H,13,14)/t9-,11+/m1/s1. The van der Waals surface area contributed by atoms with Crippen LogP contribution in [-0.2, 0) is 4.79 Å². The SMILES string of the molecule is C=CCC1=C[C@@H]2C(=CC(=O)O)C[C@H]2C1. The first-order valence-corrected chi connectivity index (χ1v) is 4.94. The minimum atomic E-state index is -0.816. The van der Waals surface area contributed by atoms with Crippen molar-refractivity contribution >= 4 is 5.97 Å². The van der Waals surface area contributed by atoms with Crippen LogP contribution >= 0.6 is 0 Å². The maximum atomic E-state index is 10.5. The van der Waals surface area contributed by atoms with E-state index in [1.54, 1.807) is 0 Å². The largest absolute Gasteiger partial charge is 0.478 e. The van der Waals surface area contributed by atoms with Crippen LogP contribution in [-0.4, -0.2) is 11.1 Å². The molecule has 14 heavy (non-hydrogen) atoms. The van der Waals surface area contributed by atoms with E-state index >= 15 is 0 Å². The van der Waals surface area contributed by atoms with E-state index in [0.29, 0.717) is 11.8 Å². The van der Waals surface area contributed by atoms with E-state index in [9.17, 15) is 4.79 Å². The number of carboxylic acid groups (broad SMARTS) is 1. The molecule has 0 aromatic heterocycles. The van der Waals surface area contributed by atoms with Crippen molar-refractivity contribution in [3.8, 4) is 0 Å². The van der Waals surface area contributed by atoms with E-state index in [2.05, 4.69) is 12.7 Å². The molecule has 2 nitrogen and oxygen atoms in total. The van der Waals surface area contributed by atoms with Crippen LogP contribution in [0.15, 0.2) is 36.0 Å². The maximum Gasteiger partial charge on any atom is 0.328 e. The molecule has 1 fully saturated rings. The zero-order valence-corrected chi connectivity index (χ0v) is 8.07. The molecule has 74 valence electrons. The van der Waals surface area contributed by atoms with Gasteiger partial charge in [-0.2, -0.15) is 0 Å². The highest BCUT2D eigenvalue weighted by Gasteiger charge is 2.38. The Kier molecular flexibility index (Phi) is 2.28. The number of hydrogen-bond acceptors (Lipinski definition) is 1.